The van der Waals surface area contributed by atoms with E-state index in [9.17, 15) is 8.42 Å². The van der Waals surface area contributed by atoms with Crippen molar-refractivity contribution < 1.29 is 13.2 Å². The van der Waals surface area contributed by atoms with Crippen LogP contribution in [0.15, 0.2) is 24.5 Å². The molecule has 3 aromatic rings. The Morgan fingerprint density at radius 3 is 2.52 bits per heavy atom. The van der Waals surface area contributed by atoms with E-state index in [0.29, 0.717) is 50.5 Å². The van der Waals surface area contributed by atoms with E-state index < -0.39 is 10.0 Å². The minimum absolute atomic E-state index is 0.328. The molecule has 2 N–H and O–H groups in total. The molecule has 5 heterocycles. The van der Waals surface area contributed by atoms with Crippen molar-refractivity contribution in [2.45, 2.75) is 19.4 Å². The first-order valence-corrected chi connectivity index (χ1v) is 13.0. The lowest BCUT2D eigenvalue weighted by atomic mass is 9.98. The fourth-order valence-electron chi connectivity index (χ4n) is 4.42. The van der Waals surface area contributed by atoms with E-state index in [0.717, 1.165) is 48.2 Å². The van der Waals surface area contributed by atoms with Gasteiger partial charge in [-0.3, -0.25) is 0 Å². The fraction of sp³-hybridized carbons (Fsp3) is 0.524. The topological polar surface area (TPSA) is 132 Å². The number of ether oxygens (including phenoxy) is 1. The van der Waals surface area contributed by atoms with Crippen LogP contribution < -0.4 is 10.6 Å². The molecule has 5 rings (SSSR count). The number of pyridine rings is 1. The van der Waals surface area contributed by atoms with E-state index in [4.69, 9.17) is 20.4 Å². The highest BCUT2D eigenvalue weighted by molar-refractivity contribution is 7.88. The highest BCUT2D eigenvalue weighted by Crippen LogP contribution is 2.30. The summed E-state index contributed by atoms with van der Waals surface area (Å²) in [5.74, 6) is 1.43. The van der Waals surface area contributed by atoms with Gasteiger partial charge in [0.25, 0.3) is 0 Å². The molecule has 33 heavy (non-hydrogen) atoms. The van der Waals surface area contributed by atoms with Crippen LogP contribution in [-0.2, 0) is 21.3 Å². The molecule has 0 amide bonds. The zero-order valence-electron chi connectivity index (χ0n) is 18.6. The third-order valence-electron chi connectivity index (χ3n) is 6.31. The maximum Gasteiger partial charge on any atom is 0.228 e. The molecule has 3 aromatic heterocycles. The van der Waals surface area contributed by atoms with Crippen LogP contribution in [0.25, 0.3) is 22.3 Å². The Balaban J connectivity index is 1.48. The van der Waals surface area contributed by atoms with Crippen molar-refractivity contribution in [1.29, 1.82) is 0 Å². The Kier molecular flexibility index (Phi) is 5.89. The first kappa shape index (κ1) is 22.0. The van der Waals surface area contributed by atoms with Gasteiger partial charge in [0.05, 0.1) is 36.7 Å². The second-order valence-corrected chi connectivity index (χ2v) is 10.6. The van der Waals surface area contributed by atoms with Crippen LogP contribution in [0.1, 0.15) is 12.8 Å². The lowest BCUT2D eigenvalue weighted by Crippen LogP contribution is -2.38. The van der Waals surface area contributed by atoms with Crippen LogP contribution >= 0.6 is 0 Å². The summed E-state index contributed by atoms with van der Waals surface area (Å²) in [5.41, 5.74) is 8.18. The molecule has 2 saturated heterocycles. The van der Waals surface area contributed by atoms with E-state index in [1.165, 1.54) is 6.26 Å². The van der Waals surface area contributed by atoms with Gasteiger partial charge in [0.1, 0.15) is 5.82 Å². The van der Waals surface area contributed by atoms with E-state index in [-0.39, 0.29) is 0 Å². The molecule has 2 aliphatic heterocycles. The molecule has 2 fully saturated rings. The normalized spacial score (nSPS) is 18.8. The number of nitrogen functional groups attached to an aromatic ring is 1. The number of piperidine rings is 1. The van der Waals surface area contributed by atoms with E-state index >= 15 is 0 Å². The van der Waals surface area contributed by atoms with Crippen LogP contribution in [-0.4, -0.2) is 83.1 Å². The number of nitrogens with two attached hydrogens (primary N) is 1. The Labute approximate surface area is 192 Å². The molecule has 0 atom stereocenters. The monoisotopic (exact) mass is 472 g/mol. The third-order valence-corrected chi connectivity index (χ3v) is 7.61. The van der Waals surface area contributed by atoms with E-state index in [1.54, 1.807) is 22.8 Å². The molecule has 0 saturated carbocycles. The molecule has 0 bridgehead atoms. The van der Waals surface area contributed by atoms with Crippen LogP contribution in [0.5, 0.6) is 0 Å². The second kappa shape index (κ2) is 8.84. The Hall–Kier alpha value is -2.83. The standard InChI is InChI=1S/C21H28N8O3S/c1-33(30,31)28-6-4-15(5-7-28)14-29-20-17(13-24-29)19(16-2-3-18(22)23-12-16)25-21(26-20)27-8-10-32-11-9-27/h2-3,12-13,15H,4-11,14H2,1H3,(H2,22,23). The van der Waals surface area contributed by atoms with Crippen LogP contribution in [0.4, 0.5) is 11.8 Å². The van der Waals surface area contributed by atoms with Gasteiger partial charge in [-0.05, 0) is 30.9 Å². The molecule has 0 aliphatic carbocycles. The summed E-state index contributed by atoms with van der Waals surface area (Å²) in [5, 5.41) is 5.50. The van der Waals surface area contributed by atoms with Gasteiger partial charge in [-0.15, -0.1) is 0 Å². The number of hydrogen-bond acceptors (Lipinski definition) is 9. The molecule has 0 radical (unpaired) electrons. The number of fused-ring (bicyclic) bond motifs is 1. The summed E-state index contributed by atoms with van der Waals surface area (Å²) in [6.45, 7) is 4.49. The molecule has 12 heteroatoms. The number of sulfonamides is 1. The van der Waals surface area contributed by atoms with Crippen molar-refractivity contribution in [1.82, 2.24) is 29.0 Å². The van der Waals surface area contributed by atoms with Crippen molar-refractivity contribution in [3.05, 3.63) is 24.5 Å². The van der Waals surface area contributed by atoms with Crippen LogP contribution in [0.2, 0.25) is 0 Å². The number of nitrogens with zero attached hydrogens (tertiary/aromatic N) is 7. The first-order valence-electron chi connectivity index (χ1n) is 11.1. The summed E-state index contributed by atoms with van der Waals surface area (Å²) < 4.78 is 32.6. The summed E-state index contributed by atoms with van der Waals surface area (Å²) in [6, 6.07) is 3.67. The average Bonchev–Trinajstić information content (AvgIpc) is 3.22. The lowest BCUT2D eigenvalue weighted by Gasteiger charge is -2.30. The lowest BCUT2D eigenvalue weighted by molar-refractivity contribution is 0.122. The van der Waals surface area contributed by atoms with Gasteiger partial charge in [0.15, 0.2) is 5.65 Å². The Bertz CT molecular complexity index is 1230. The van der Waals surface area contributed by atoms with E-state index in [1.807, 2.05) is 10.7 Å². The predicted octanol–water partition coefficient (Wildman–Crippen LogP) is 0.979. The molecular formula is C21H28N8O3S. The highest BCUT2D eigenvalue weighted by Gasteiger charge is 2.26. The van der Waals surface area contributed by atoms with Gasteiger partial charge in [-0.2, -0.15) is 10.1 Å². The van der Waals surface area contributed by atoms with Crippen molar-refractivity contribution in [2.75, 3.05) is 56.3 Å². The van der Waals surface area contributed by atoms with Crippen LogP contribution in [0, 0.1) is 5.92 Å². The van der Waals surface area contributed by atoms with Gasteiger partial charge in [0.2, 0.25) is 16.0 Å². The average molecular weight is 473 g/mol. The fourth-order valence-corrected chi connectivity index (χ4v) is 5.29. The number of hydrogen-bond donors (Lipinski definition) is 1. The number of aromatic nitrogens is 5. The minimum atomic E-state index is -3.14. The minimum Gasteiger partial charge on any atom is -0.384 e. The van der Waals surface area contributed by atoms with Crippen molar-refractivity contribution in [3.8, 4) is 11.3 Å². The van der Waals surface area contributed by atoms with Crippen molar-refractivity contribution in [3.63, 3.8) is 0 Å². The van der Waals surface area contributed by atoms with Gasteiger partial charge in [0, 0.05) is 44.5 Å². The number of rotatable bonds is 5. The van der Waals surface area contributed by atoms with Crippen LogP contribution in [0.3, 0.4) is 0 Å². The zero-order chi connectivity index (χ0) is 23.0. The van der Waals surface area contributed by atoms with Gasteiger partial charge in [-0.1, -0.05) is 0 Å². The zero-order valence-corrected chi connectivity index (χ0v) is 19.4. The summed E-state index contributed by atoms with van der Waals surface area (Å²) >= 11 is 0. The van der Waals surface area contributed by atoms with Gasteiger partial charge in [-0.25, -0.2) is 27.4 Å². The molecule has 0 spiro atoms. The maximum absolute atomic E-state index is 11.8. The molecule has 11 nitrogen and oxygen atoms in total. The molecule has 0 unspecified atom stereocenters. The summed E-state index contributed by atoms with van der Waals surface area (Å²) in [7, 11) is -3.14. The van der Waals surface area contributed by atoms with Gasteiger partial charge >= 0.3 is 0 Å². The Morgan fingerprint density at radius 1 is 1.09 bits per heavy atom. The van der Waals surface area contributed by atoms with E-state index in [2.05, 4.69) is 15.0 Å². The number of morpholine rings is 1. The molecule has 2 aliphatic rings. The molecule has 176 valence electrons. The summed E-state index contributed by atoms with van der Waals surface area (Å²) in [6.07, 6.45) is 6.38. The maximum atomic E-state index is 11.8. The Morgan fingerprint density at radius 2 is 1.85 bits per heavy atom. The number of anilines is 2. The van der Waals surface area contributed by atoms with Gasteiger partial charge < -0.3 is 15.4 Å². The summed E-state index contributed by atoms with van der Waals surface area (Å²) in [4.78, 5) is 16.1. The molecular weight excluding hydrogens is 444 g/mol. The smallest absolute Gasteiger partial charge is 0.228 e. The largest absolute Gasteiger partial charge is 0.384 e. The highest BCUT2D eigenvalue weighted by atomic mass is 32.2. The van der Waals surface area contributed by atoms with Crippen molar-refractivity contribution >= 4 is 32.8 Å². The van der Waals surface area contributed by atoms with Crippen molar-refractivity contribution in [2.24, 2.45) is 5.92 Å². The first-order chi connectivity index (χ1) is 15.9. The molecule has 0 aromatic carbocycles. The quantitative estimate of drug-likeness (QED) is 0.577. The second-order valence-electron chi connectivity index (χ2n) is 8.61. The third kappa shape index (κ3) is 4.63. The SMILES string of the molecule is CS(=O)(=O)N1CCC(Cn2ncc3c(-c4ccc(N)nc4)nc(N4CCOCC4)nc32)CC1. The predicted molar refractivity (Wildman–Crippen MR) is 125 cm³/mol.